The Morgan fingerprint density at radius 3 is 2.79 bits per heavy atom. The normalized spacial score (nSPS) is 22.0. The number of amides is 1. The van der Waals surface area contributed by atoms with E-state index < -0.39 is 0 Å². The number of nitrogens with two attached hydrogens (primary N) is 1. The highest BCUT2D eigenvalue weighted by Gasteiger charge is 2.28. The van der Waals surface area contributed by atoms with Crippen LogP contribution in [0, 0.1) is 5.92 Å². The first-order chi connectivity index (χ1) is 6.77. The largest absolute Gasteiger partial charge is 0.396 e. The summed E-state index contributed by atoms with van der Waals surface area (Å²) in [6, 6.07) is 0. The van der Waals surface area contributed by atoms with E-state index in [2.05, 4.69) is 0 Å². The summed E-state index contributed by atoms with van der Waals surface area (Å²) in [5, 5.41) is 8.92. The van der Waals surface area contributed by atoms with Crippen molar-refractivity contribution < 1.29 is 9.90 Å². The third kappa shape index (κ3) is 3.27. The summed E-state index contributed by atoms with van der Waals surface area (Å²) in [6.07, 6.45) is 3.67. The zero-order chi connectivity index (χ0) is 10.4. The fraction of sp³-hybridized carbons (Fsp3) is 0.900. The second-order valence-corrected chi connectivity index (χ2v) is 3.94. The zero-order valence-corrected chi connectivity index (χ0v) is 8.61. The average molecular weight is 200 g/mol. The molecule has 1 fully saturated rings. The molecule has 1 saturated heterocycles. The molecule has 0 aliphatic carbocycles. The molecule has 0 saturated carbocycles. The van der Waals surface area contributed by atoms with E-state index in [-0.39, 0.29) is 18.4 Å². The molecule has 0 bridgehead atoms. The summed E-state index contributed by atoms with van der Waals surface area (Å²) in [4.78, 5) is 13.3. The van der Waals surface area contributed by atoms with Gasteiger partial charge in [-0.3, -0.25) is 4.79 Å². The maximum Gasteiger partial charge on any atom is 0.223 e. The molecule has 14 heavy (non-hydrogen) atoms. The number of unbranched alkanes of at least 4 members (excludes halogenated alkanes) is 2. The molecule has 1 unspecified atom stereocenters. The van der Waals surface area contributed by atoms with Crippen LogP contribution < -0.4 is 5.73 Å². The van der Waals surface area contributed by atoms with Gasteiger partial charge in [0, 0.05) is 32.0 Å². The van der Waals surface area contributed by atoms with Crippen molar-refractivity contribution >= 4 is 5.91 Å². The molecule has 0 spiro atoms. The SMILES string of the molecule is NCCCCCN1CC(CO)CC1=O. The minimum Gasteiger partial charge on any atom is -0.396 e. The molecule has 1 rings (SSSR count). The molecule has 82 valence electrons. The lowest BCUT2D eigenvalue weighted by atomic mass is 10.1. The van der Waals surface area contributed by atoms with Crippen LogP contribution in [0.2, 0.25) is 0 Å². The lowest BCUT2D eigenvalue weighted by Gasteiger charge is -2.15. The van der Waals surface area contributed by atoms with Crippen molar-refractivity contribution in [2.45, 2.75) is 25.7 Å². The number of aliphatic hydroxyl groups is 1. The Morgan fingerprint density at radius 1 is 1.43 bits per heavy atom. The quantitative estimate of drug-likeness (QED) is 0.591. The van der Waals surface area contributed by atoms with Crippen LogP contribution in [0.1, 0.15) is 25.7 Å². The van der Waals surface area contributed by atoms with E-state index in [9.17, 15) is 4.79 Å². The molecule has 1 amide bonds. The Morgan fingerprint density at radius 2 is 2.21 bits per heavy atom. The molecule has 0 aromatic rings. The van der Waals surface area contributed by atoms with E-state index in [0.29, 0.717) is 6.42 Å². The number of carbonyl (C=O) groups excluding carboxylic acids is 1. The van der Waals surface area contributed by atoms with Crippen molar-refractivity contribution in [2.24, 2.45) is 11.7 Å². The molecule has 0 aromatic heterocycles. The molecular weight excluding hydrogens is 180 g/mol. The fourth-order valence-corrected chi connectivity index (χ4v) is 1.82. The molecule has 1 aliphatic rings. The Hall–Kier alpha value is -0.610. The van der Waals surface area contributed by atoms with Gasteiger partial charge < -0.3 is 15.7 Å². The van der Waals surface area contributed by atoms with Gasteiger partial charge in [0.15, 0.2) is 0 Å². The van der Waals surface area contributed by atoms with E-state index in [1.54, 1.807) is 0 Å². The van der Waals surface area contributed by atoms with E-state index in [1.807, 2.05) is 4.90 Å². The smallest absolute Gasteiger partial charge is 0.223 e. The molecule has 1 atom stereocenters. The van der Waals surface area contributed by atoms with E-state index in [1.165, 1.54) is 0 Å². The number of hydrogen-bond donors (Lipinski definition) is 2. The number of carbonyl (C=O) groups is 1. The highest BCUT2D eigenvalue weighted by Crippen LogP contribution is 2.17. The first-order valence-corrected chi connectivity index (χ1v) is 5.36. The van der Waals surface area contributed by atoms with E-state index in [0.717, 1.165) is 38.9 Å². The topological polar surface area (TPSA) is 66.6 Å². The zero-order valence-electron chi connectivity index (χ0n) is 8.61. The standard InChI is InChI=1S/C10H20N2O2/c11-4-2-1-3-5-12-7-9(8-13)6-10(12)14/h9,13H,1-8,11H2. The lowest BCUT2D eigenvalue weighted by molar-refractivity contribution is -0.127. The van der Waals surface area contributed by atoms with Gasteiger partial charge in [0.1, 0.15) is 0 Å². The van der Waals surface area contributed by atoms with Gasteiger partial charge in [0.25, 0.3) is 0 Å². The molecule has 1 heterocycles. The third-order valence-corrected chi connectivity index (χ3v) is 2.68. The van der Waals surface area contributed by atoms with Crippen molar-refractivity contribution in [3.63, 3.8) is 0 Å². The summed E-state index contributed by atoms with van der Waals surface area (Å²) in [5.41, 5.74) is 5.38. The number of nitrogens with zero attached hydrogens (tertiary/aromatic N) is 1. The molecule has 3 N–H and O–H groups in total. The predicted molar refractivity (Wildman–Crippen MR) is 54.7 cm³/mol. The van der Waals surface area contributed by atoms with Gasteiger partial charge >= 0.3 is 0 Å². The van der Waals surface area contributed by atoms with Crippen molar-refractivity contribution in [3.05, 3.63) is 0 Å². The van der Waals surface area contributed by atoms with Crippen molar-refractivity contribution in [3.8, 4) is 0 Å². The highest BCUT2D eigenvalue weighted by atomic mass is 16.3. The molecule has 0 aromatic carbocycles. The van der Waals surface area contributed by atoms with Gasteiger partial charge in [-0.15, -0.1) is 0 Å². The second kappa shape index (κ2) is 5.98. The van der Waals surface area contributed by atoms with Crippen molar-refractivity contribution in [1.29, 1.82) is 0 Å². The van der Waals surface area contributed by atoms with Gasteiger partial charge in [-0.1, -0.05) is 6.42 Å². The summed E-state index contributed by atoms with van der Waals surface area (Å²) in [6.45, 7) is 2.42. The van der Waals surface area contributed by atoms with Crippen LogP contribution in [-0.2, 0) is 4.79 Å². The van der Waals surface area contributed by atoms with E-state index in [4.69, 9.17) is 10.8 Å². The van der Waals surface area contributed by atoms with Crippen LogP contribution in [0.3, 0.4) is 0 Å². The Bertz CT molecular complexity index is 185. The highest BCUT2D eigenvalue weighted by molar-refractivity contribution is 5.78. The average Bonchev–Trinajstić information content (AvgIpc) is 2.54. The summed E-state index contributed by atoms with van der Waals surface area (Å²) in [7, 11) is 0. The first kappa shape index (κ1) is 11.5. The van der Waals surface area contributed by atoms with Crippen molar-refractivity contribution in [1.82, 2.24) is 4.90 Å². The number of rotatable bonds is 6. The van der Waals surface area contributed by atoms with E-state index >= 15 is 0 Å². The van der Waals surface area contributed by atoms with Crippen LogP contribution in [-0.4, -0.2) is 42.2 Å². The van der Waals surface area contributed by atoms with Crippen molar-refractivity contribution in [2.75, 3.05) is 26.2 Å². The van der Waals surface area contributed by atoms with Crippen LogP contribution in [0.5, 0.6) is 0 Å². The van der Waals surface area contributed by atoms with Crippen LogP contribution in [0.15, 0.2) is 0 Å². The van der Waals surface area contributed by atoms with Gasteiger partial charge in [-0.25, -0.2) is 0 Å². The van der Waals surface area contributed by atoms with Crippen LogP contribution >= 0.6 is 0 Å². The lowest BCUT2D eigenvalue weighted by Crippen LogP contribution is -2.26. The molecule has 1 aliphatic heterocycles. The first-order valence-electron chi connectivity index (χ1n) is 5.36. The molecule has 0 radical (unpaired) electrons. The maximum absolute atomic E-state index is 11.4. The van der Waals surface area contributed by atoms with Gasteiger partial charge in [-0.05, 0) is 19.4 Å². The number of likely N-dealkylation sites (tertiary alicyclic amines) is 1. The van der Waals surface area contributed by atoms with Crippen LogP contribution in [0.4, 0.5) is 0 Å². The monoisotopic (exact) mass is 200 g/mol. The minimum absolute atomic E-state index is 0.130. The number of aliphatic hydroxyl groups excluding tert-OH is 1. The molecule has 4 nitrogen and oxygen atoms in total. The summed E-state index contributed by atoms with van der Waals surface area (Å²) < 4.78 is 0. The Kier molecular flexibility index (Phi) is 4.90. The van der Waals surface area contributed by atoms with Gasteiger partial charge in [-0.2, -0.15) is 0 Å². The van der Waals surface area contributed by atoms with Gasteiger partial charge in [0.2, 0.25) is 5.91 Å². The molecule has 4 heteroatoms. The fourth-order valence-electron chi connectivity index (χ4n) is 1.82. The predicted octanol–water partition coefficient (Wildman–Crippen LogP) is -0.0438. The maximum atomic E-state index is 11.4. The third-order valence-electron chi connectivity index (χ3n) is 2.68. The van der Waals surface area contributed by atoms with Gasteiger partial charge in [0.05, 0.1) is 0 Å². The van der Waals surface area contributed by atoms with Crippen LogP contribution in [0.25, 0.3) is 0 Å². The Balaban J connectivity index is 2.15. The Labute approximate surface area is 85.1 Å². The summed E-state index contributed by atoms with van der Waals surface area (Å²) >= 11 is 0. The summed E-state index contributed by atoms with van der Waals surface area (Å²) in [5.74, 6) is 0.355. The number of hydrogen-bond acceptors (Lipinski definition) is 3. The molecular formula is C10H20N2O2. The minimum atomic E-state index is 0.130. The second-order valence-electron chi connectivity index (χ2n) is 3.94.